The summed E-state index contributed by atoms with van der Waals surface area (Å²) < 4.78 is 0. The number of urea groups is 1. The van der Waals surface area contributed by atoms with Crippen LogP contribution in [0.1, 0.15) is 0 Å². The monoisotopic (exact) mass is 236 g/mol. The molecule has 0 bridgehead atoms. The first-order chi connectivity index (χ1) is 7.61. The number of rotatable bonds is 1. The Morgan fingerprint density at radius 1 is 1.19 bits per heavy atom. The van der Waals surface area contributed by atoms with Crippen molar-refractivity contribution in [1.29, 1.82) is 0 Å². The quantitative estimate of drug-likeness (QED) is 0.594. The molecule has 1 aromatic carbocycles. The Balaban J connectivity index is 2.34. The molecular weight excluding hydrogens is 228 g/mol. The lowest BCUT2D eigenvalue weighted by molar-refractivity contribution is -0.116. The van der Waals surface area contributed by atoms with E-state index < -0.39 is 17.2 Å². The van der Waals surface area contributed by atoms with Gasteiger partial charge in [0.1, 0.15) is 6.54 Å². The van der Waals surface area contributed by atoms with Crippen LogP contribution in [-0.2, 0) is 4.79 Å². The van der Waals surface area contributed by atoms with Crippen molar-refractivity contribution in [2.24, 2.45) is 0 Å². The van der Waals surface area contributed by atoms with Crippen LogP contribution in [0.4, 0.5) is 15.3 Å². The highest BCUT2D eigenvalue weighted by atomic mass is 32.1. The van der Waals surface area contributed by atoms with Crippen LogP contribution in [0, 0.1) is 0 Å². The van der Waals surface area contributed by atoms with Crippen molar-refractivity contribution in [2.75, 3.05) is 11.4 Å². The maximum absolute atomic E-state index is 11.7. The van der Waals surface area contributed by atoms with Crippen LogP contribution >= 0.6 is 12.6 Å². The van der Waals surface area contributed by atoms with E-state index in [0.29, 0.717) is 5.69 Å². The standard InChI is InChI=1S/C10H8N2O3S/c13-8-6-11(10(15)16)9(14)12(8)7-4-2-1-3-5-7/h1-5H,6H2,(H,15,16). The summed E-state index contributed by atoms with van der Waals surface area (Å²) in [6.45, 7) is -0.254. The number of nitrogens with zero attached hydrogens (tertiary/aromatic N) is 2. The number of amides is 4. The summed E-state index contributed by atoms with van der Waals surface area (Å²) >= 11 is 3.53. The fourth-order valence-corrected chi connectivity index (χ4v) is 1.64. The summed E-state index contributed by atoms with van der Waals surface area (Å²) in [6, 6.07) is 7.79. The van der Waals surface area contributed by atoms with Crippen LogP contribution in [0.2, 0.25) is 0 Å². The second kappa shape index (κ2) is 3.97. The minimum absolute atomic E-state index is 0.254. The number of imide groups is 2. The lowest BCUT2D eigenvalue weighted by Gasteiger charge is -2.13. The van der Waals surface area contributed by atoms with Gasteiger partial charge in [-0.15, -0.1) is 0 Å². The Labute approximate surface area is 97.0 Å². The third kappa shape index (κ3) is 1.67. The van der Waals surface area contributed by atoms with Crippen molar-refractivity contribution in [3.8, 4) is 0 Å². The van der Waals surface area contributed by atoms with E-state index in [0.717, 1.165) is 9.80 Å². The second-order valence-electron chi connectivity index (χ2n) is 3.22. The van der Waals surface area contributed by atoms with Gasteiger partial charge in [-0.2, -0.15) is 0 Å². The average Bonchev–Trinajstić information content (AvgIpc) is 2.56. The van der Waals surface area contributed by atoms with Crippen LogP contribution < -0.4 is 4.90 Å². The first-order valence-corrected chi connectivity index (χ1v) is 4.98. The molecule has 1 aliphatic heterocycles. The molecule has 4 amide bonds. The van der Waals surface area contributed by atoms with Gasteiger partial charge in [-0.3, -0.25) is 9.59 Å². The fraction of sp³-hybridized carbons (Fsp3) is 0.100. The maximum atomic E-state index is 11.7. The van der Waals surface area contributed by atoms with Crippen molar-refractivity contribution in [3.05, 3.63) is 30.3 Å². The zero-order valence-corrected chi connectivity index (χ0v) is 9.05. The summed E-state index contributed by atoms with van der Waals surface area (Å²) in [7, 11) is 0. The van der Waals surface area contributed by atoms with E-state index in [1.54, 1.807) is 30.3 Å². The Morgan fingerprint density at radius 2 is 1.81 bits per heavy atom. The number of carbonyl (C=O) groups excluding carboxylic acids is 3. The van der Waals surface area contributed by atoms with Crippen LogP contribution in [0.3, 0.4) is 0 Å². The molecule has 0 aliphatic carbocycles. The van der Waals surface area contributed by atoms with Gasteiger partial charge in [-0.05, 0) is 12.1 Å². The first-order valence-electron chi connectivity index (χ1n) is 4.53. The van der Waals surface area contributed by atoms with Crippen molar-refractivity contribution < 1.29 is 14.4 Å². The molecular formula is C10H8N2O3S. The van der Waals surface area contributed by atoms with Crippen molar-refractivity contribution in [2.45, 2.75) is 0 Å². The van der Waals surface area contributed by atoms with Crippen LogP contribution in [-0.4, -0.2) is 28.6 Å². The molecule has 0 N–H and O–H groups in total. The number of thiol groups is 1. The number of hydrogen-bond donors (Lipinski definition) is 1. The molecule has 0 radical (unpaired) electrons. The Morgan fingerprint density at radius 3 is 2.31 bits per heavy atom. The van der Waals surface area contributed by atoms with Crippen LogP contribution in [0.5, 0.6) is 0 Å². The molecule has 0 aromatic heterocycles. The zero-order chi connectivity index (χ0) is 11.7. The number of hydrogen-bond acceptors (Lipinski definition) is 3. The molecule has 0 spiro atoms. The highest BCUT2D eigenvalue weighted by Crippen LogP contribution is 2.21. The average molecular weight is 236 g/mol. The summed E-state index contributed by atoms with van der Waals surface area (Å²) in [5, 5.41) is -0.725. The molecule has 82 valence electrons. The fourth-order valence-electron chi connectivity index (χ4n) is 1.48. The van der Waals surface area contributed by atoms with Gasteiger partial charge in [0.2, 0.25) is 0 Å². The third-order valence-electron chi connectivity index (χ3n) is 2.21. The molecule has 0 unspecified atom stereocenters. The highest BCUT2D eigenvalue weighted by Gasteiger charge is 2.39. The first kappa shape index (κ1) is 10.7. The molecule has 1 saturated heterocycles. The van der Waals surface area contributed by atoms with Crippen molar-refractivity contribution in [1.82, 2.24) is 4.90 Å². The number of carbonyl (C=O) groups is 3. The summed E-state index contributed by atoms with van der Waals surface area (Å²) in [6.07, 6.45) is 0. The molecule has 1 aliphatic rings. The Hall–Kier alpha value is -1.82. The van der Waals surface area contributed by atoms with Crippen LogP contribution in [0.25, 0.3) is 0 Å². The van der Waals surface area contributed by atoms with E-state index >= 15 is 0 Å². The van der Waals surface area contributed by atoms with Gasteiger partial charge < -0.3 is 0 Å². The predicted octanol–water partition coefficient (Wildman–Crippen LogP) is 1.50. The molecule has 1 aromatic rings. The molecule has 1 heterocycles. The molecule has 6 heteroatoms. The smallest absolute Gasteiger partial charge is 0.272 e. The van der Waals surface area contributed by atoms with E-state index in [2.05, 4.69) is 12.6 Å². The van der Waals surface area contributed by atoms with Gasteiger partial charge in [0.15, 0.2) is 0 Å². The van der Waals surface area contributed by atoms with E-state index in [-0.39, 0.29) is 6.54 Å². The van der Waals surface area contributed by atoms with Crippen molar-refractivity contribution >= 4 is 35.5 Å². The van der Waals surface area contributed by atoms with Gasteiger partial charge in [-0.25, -0.2) is 14.6 Å². The minimum Gasteiger partial charge on any atom is -0.272 e. The van der Waals surface area contributed by atoms with Gasteiger partial charge in [0.25, 0.3) is 11.1 Å². The SMILES string of the molecule is O=C(S)N1CC(=O)N(c2ccccc2)C1=O. The number of benzene rings is 1. The summed E-state index contributed by atoms with van der Waals surface area (Å²) in [5.41, 5.74) is 0.453. The van der Waals surface area contributed by atoms with Gasteiger partial charge in [0, 0.05) is 0 Å². The van der Waals surface area contributed by atoms with E-state index in [1.807, 2.05) is 0 Å². The summed E-state index contributed by atoms with van der Waals surface area (Å²) in [4.78, 5) is 36.0. The Bertz CT molecular complexity index is 460. The zero-order valence-electron chi connectivity index (χ0n) is 8.16. The van der Waals surface area contributed by atoms with Gasteiger partial charge in [-0.1, -0.05) is 30.8 Å². The Kier molecular flexibility index (Phi) is 2.66. The molecule has 2 rings (SSSR count). The largest absolute Gasteiger partial charge is 0.339 e. The molecule has 16 heavy (non-hydrogen) atoms. The minimum atomic E-state index is -0.725. The van der Waals surface area contributed by atoms with E-state index in [4.69, 9.17) is 0 Å². The van der Waals surface area contributed by atoms with E-state index in [9.17, 15) is 14.4 Å². The lowest BCUT2D eigenvalue weighted by Crippen LogP contribution is -2.34. The molecule has 0 atom stereocenters. The number of anilines is 1. The normalized spacial score (nSPS) is 15.8. The topological polar surface area (TPSA) is 57.7 Å². The third-order valence-corrected chi connectivity index (χ3v) is 2.45. The maximum Gasteiger partial charge on any atom is 0.339 e. The predicted molar refractivity (Wildman–Crippen MR) is 60.4 cm³/mol. The lowest BCUT2D eigenvalue weighted by atomic mass is 10.3. The van der Waals surface area contributed by atoms with Crippen molar-refractivity contribution in [3.63, 3.8) is 0 Å². The highest BCUT2D eigenvalue weighted by molar-refractivity contribution is 7.96. The van der Waals surface area contributed by atoms with Gasteiger partial charge >= 0.3 is 6.03 Å². The molecule has 1 fully saturated rings. The summed E-state index contributed by atoms with van der Waals surface area (Å²) in [5.74, 6) is -0.432. The second-order valence-corrected chi connectivity index (χ2v) is 3.60. The van der Waals surface area contributed by atoms with E-state index in [1.165, 1.54) is 0 Å². The molecule has 0 saturated carbocycles. The number of para-hydroxylation sites is 1. The van der Waals surface area contributed by atoms with Crippen LogP contribution in [0.15, 0.2) is 30.3 Å². The van der Waals surface area contributed by atoms with Gasteiger partial charge in [0.05, 0.1) is 5.69 Å². The molecule has 5 nitrogen and oxygen atoms in total.